The predicted molar refractivity (Wildman–Crippen MR) is 125 cm³/mol. The molecule has 1 amide bonds. The maximum absolute atomic E-state index is 13.5. The van der Waals surface area contributed by atoms with Crippen LogP contribution in [0.1, 0.15) is 10.4 Å². The topological polar surface area (TPSA) is 54.9 Å². The fourth-order valence-corrected chi connectivity index (χ4v) is 3.57. The van der Waals surface area contributed by atoms with Gasteiger partial charge in [0.25, 0.3) is 5.91 Å². The quantitative estimate of drug-likeness (QED) is 0.349. The maximum Gasteiger partial charge on any atom is 0.255 e. The molecule has 0 radical (unpaired) electrons. The maximum atomic E-state index is 13.5. The molecule has 0 bridgehead atoms. The van der Waals surface area contributed by atoms with E-state index >= 15 is 0 Å². The standard InChI is InChI=1S/C27H17F2N3O/c28-21-13-12-20(16-22(21)29)30-27(33)19-11-14-23-24(15-19)32-26(18-9-5-2-6-10-18)25(31-23)17-7-3-1-4-8-17/h1-16H,(H,30,33). The molecule has 1 aromatic heterocycles. The van der Waals surface area contributed by atoms with Crippen LogP contribution >= 0.6 is 0 Å². The zero-order chi connectivity index (χ0) is 22.8. The Balaban J connectivity index is 1.58. The monoisotopic (exact) mass is 437 g/mol. The van der Waals surface area contributed by atoms with Crippen molar-refractivity contribution in [2.24, 2.45) is 0 Å². The number of carbonyl (C=O) groups is 1. The number of amides is 1. The molecule has 1 heterocycles. The van der Waals surface area contributed by atoms with Gasteiger partial charge in [0.2, 0.25) is 0 Å². The van der Waals surface area contributed by atoms with E-state index in [0.29, 0.717) is 22.3 Å². The van der Waals surface area contributed by atoms with Gasteiger partial charge >= 0.3 is 0 Å². The number of aromatic nitrogens is 2. The third-order valence-corrected chi connectivity index (χ3v) is 5.20. The summed E-state index contributed by atoms with van der Waals surface area (Å²) in [4.78, 5) is 22.4. The van der Waals surface area contributed by atoms with Crippen LogP contribution in [0.25, 0.3) is 33.5 Å². The predicted octanol–water partition coefficient (Wildman–Crippen LogP) is 6.49. The Hall–Kier alpha value is -4.45. The molecule has 0 aliphatic carbocycles. The van der Waals surface area contributed by atoms with Gasteiger partial charge < -0.3 is 5.32 Å². The van der Waals surface area contributed by atoms with Crippen molar-refractivity contribution in [2.45, 2.75) is 0 Å². The zero-order valence-corrected chi connectivity index (χ0v) is 17.3. The minimum atomic E-state index is -1.03. The van der Waals surface area contributed by atoms with Gasteiger partial charge in [-0.2, -0.15) is 0 Å². The normalized spacial score (nSPS) is 10.8. The summed E-state index contributed by atoms with van der Waals surface area (Å²) < 4.78 is 26.6. The van der Waals surface area contributed by atoms with Gasteiger partial charge in [-0.1, -0.05) is 60.7 Å². The number of fused-ring (bicyclic) bond motifs is 1. The molecule has 160 valence electrons. The average Bonchev–Trinajstić information content (AvgIpc) is 2.86. The van der Waals surface area contributed by atoms with Crippen LogP contribution in [0.15, 0.2) is 97.1 Å². The second-order valence-electron chi connectivity index (χ2n) is 7.44. The number of hydrogen-bond acceptors (Lipinski definition) is 3. The summed E-state index contributed by atoms with van der Waals surface area (Å²) in [7, 11) is 0. The van der Waals surface area contributed by atoms with Crippen LogP contribution in [0, 0.1) is 11.6 Å². The third-order valence-electron chi connectivity index (χ3n) is 5.20. The summed E-state index contributed by atoms with van der Waals surface area (Å²) in [5, 5.41) is 2.58. The minimum absolute atomic E-state index is 0.162. The molecule has 0 atom stereocenters. The number of halogens is 2. The van der Waals surface area contributed by atoms with E-state index in [2.05, 4.69) is 5.32 Å². The second-order valence-corrected chi connectivity index (χ2v) is 7.44. The molecule has 0 fully saturated rings. The van der Waals surface area contributed by atoms with Crippen molar-refractivity contribution in [3.8, 4) is 22.5 Å². The van der Waals surface area contributed by atoms with Crippen molar-refractivity contribution in [3.63, 3.8) is 0 Å². The molecule has 1 N–H and O–H groups in total. The summed E-state index contributed by atoms with van der Waals surface area (Å²) in [5.74, 6) is -2.46. The lowest BCUT2D eigenvalue weighted by atomic mass is 10.0. The van der Waals surface area contributed by atoms with E-state index in [1.165, 1.54) is 6.07 Å². The van der Waals surface area contributed by atoms with Crippen LogP contribution in [0.3, 0.4) is 0 Å². The summed E-state index contributed by atoms with van der Waals surface area (Å²) in [6.07, 6.45) is 0. The third kappa shape index (κ3) is 4.19. The van der Waals surface area contributed by atoms with Crippen LogP contribution in [0.4, 0.5) is 14.5 Å². The SMILES string of the molecule is O=C(Nc1ccc(F)c(F)c1)c1ccc2nc(-c3ccccc3)c(-c3ccccc3)nc2c1. The van der Waals surface area contributed by atoms with Gasteiger partial charge in [-0.15, -0.1) is 0 Å². The molecule has 4 aromatic carbocycles. The molecular formula is C27H17F2N3O. The molecule has 6 heteroatoms. The van der Waals surface area contributed by atoms with E-state index in [4.69, 9.17) is 9.97 Å². The molecule has 0 saturated carbocycles. The first-order chi connectivity index (χ1) is 16.1. The van der Waals surface area contributed by atoms with Gasteiger partial charge in [0.05, 0.1) is 22.4 Å². The van der Waals surface area contributed by atoms with Gasteiger partial charge in [0.1, 0.15) is 0 Å². The van der Waals surface area contributed by atoms with Gasteiger partial charge in [0.15, 0.2) is 11.6 Å². The highest BCUT2D eigenvalue weighted by Crippen LogP contribution is 2.31. The van der Waals surface area contributed by atoms with Crippen molar-refractivity contribution in [3.05, 3.63) is 114 Å². The molecule has 0 unspecified atom stereocenters. The Labute approximate surface area is 188 Å². The molecule has 33 heavy (non-hydrogen) atoms. The van der Waals surface area contributed by atoms with Gasteiger partial charge in [0, 0.05) is 28.4 Å². The van der Waals surface area contributed by atoms with Crippen molar-refractivity contribution in [1.29, 1.82) is 0 Å². The number of anilines is 1. The van der Waals surface area contributed by atoms with Crippen LogP contribution in [0.5, 0.6) is 0 Å². The fraction of sp³-hybridized carbons (Fsp3) is 0. The fourth-order valence-electron chi connectivity index (χ4n) is 3.57. The first kappa shape index (κ1) is 20.5. The average molecular weight is 437 g/mol. The molecule has 0 aliphatic heterocycles. The molecular weight excluding hydrogens is 420 g/mol. The molecule has 0 aliphatic rings. The number of nitrogens with one attached hydrogen (secondary N) is 1. The molecule has 4 nitrogen and oxygen atoms in total. The van der Waals surface area contributed by atoms with Crippen molar-refractivity contribution < 1.29 is 13.6 Å². The minimum Gasteiger partial charge on any atom is -0.322 e. The first-order valence-electron chi connectivity index (χ1n) is 10.3. The number of rotatable bonds is 4. The Kier molecular flexibility index (Phi) is 5.32. The van der Waals surface area contributed by atoms with Crippen LogP contribution in [-0.4, -0.2) is 15.9 Å². The Morgan fingerprint density at radius 1 is 0.636 bits per heavy atom. The second kappa shape index (κ2) is 8.59. The highest BCUT2D eigenvalue weighted by Gasteiger charge is 2.15. The number of nitrogens with zero attached hydrogens (tertiary/aromatic N) is 2. The summed E-state index contributed by atoms with van der Waals surface area (Å²) in [6.45, 7) is 0. The van der Waals surface area contributed by atoms with Crippen molar-refractivity contribution >= 4 is 22.6 Å². The van der Waals surface area contributed by atoms with Gasteiger partial charge in [-0.3, -0.25) is 4.79 Å². The Morgan fingerprint density at radius 3 is 1.85 bits per heavy atom. The summed E-state index contributed by atoms with van der Waals surface area (Å²) >= 11 is 0. The van der Waals surface area contributed by atoms with E-state index in [0.717, 1.165) is 29.0 Å². The van der Waals surface area contributed by atoms with Crippen molar-refractivity contribution in [2.75, 3.05) is 5.32 Å². The highest BCUT2D eigenvalue weighted by atomic mass is 19.2. The lowest BCUT2D eigenvalue weighted by Gasteiger charge is -2.11. The van der Waals surface area contributed by atoms with E-state index in [-0.39, 0.29) is 5.69 Å². The van der Waals surface area contributed by atoms with E-state index < -0.39 is 17.5 Å². The zero-order valence-electron chi connectivity index (χ0n) is 17.3. The Morgan fingerprint density at radius 2 is 1.24 bits per heavy atom. The van der Waals surface area contributed by atoms with Crippen LogP contribution < -0.4 is 5.32 Å². The van der Waals surface area contributed by atoms with E-state index in [1.807, 2.05) is 60.7 Å². The van der Waals surface area contributed by atoms with Gasteiger partial charge in [-0.05, 0) is 30.3 Å². The smallest absolute Gasteiger partial charge is 0.255 e. The number of carbonyl (C=O) groups excluding carboxylic acids is 1. The molecule has 0 saturated heterocycles. The molecule has 0 spiro atoms. The van der Waals surface area contributed by atoms with E-state index in [1.54, 1.807) is 18.2 Å². The molecule has 5 rings (SSSR count). The number of hydrogen-bond donors (Lipinski definition) is 1. The largest absolute Gasteiger partial charge is 0.322 e. The summed E-state index contributed by atoms with van der Waals surface area (Å²) in [6, 6.07) is 27.7. The van der Waals surface area contributed by atoms with E-state index in [9.17, 15) is 13.6 Å². The summed E-state index contributed by atoms with van der Waals surface area (Å²) in [5.41, 5.74) is 4.96. The van der Waals surface area contributed by atoms with Crippen LogP contribution in [0.2, 0.25) is 0 Å². The van der Waals surface area contributed by atoms with Crippen LogP contribution in [-0.2, 0) is 0 Å². The first-order valence-corrected chi connectivity index (χ1v) is 10.3. The van der Waals surface area contributed by atoms with Gasteiger partial charge in [-0.25, -0.2) is 18.7 Å². The highest BCUT2D eigenvalue weighted by molar-refractivity contribution is 6.06. The van der Waals surface area contributed by atoms with Crippen molar-refractivity contribution in [1.82, 2.24) is 9.97 Å². The lowest BCUT2D eigenvalue weighted by Crippen LogP contribution is -2.12. The Bertz CT molecular complexity index is 1470. The lowest BCUT2D eigenvalue weighted by molar-refractivity contribution is 0.102. The molecule has 5 aromatic rings. The number of benzene rings is 4.